The molecule has 2 fully saturated rings. The second-order valence-electron chi connectivity index (χ2n) is 5.15. The summed E-state index contributed by atoms with van der Waals surface area (Å²) in [5.74, 6) is 1.27. The van der Waals surface area contributed by atoms with Crippen LogP contribution >= 0.6 is 0 Å². The monoisotopic (exact) mass is 213 g/mol. The van der Waals surface area contributed by atoms with E-state index in [9.17, 15) is 5.11 Å². The lowest BCUT2D eigenvalue weighted by Crippen LogP contribution is -2.45. The molecule has 0 saturated carbocycles. The number of rotatable bonds is 2. The lowest BCUT2D eigenvalue weighted by Gasteiger charge is -2.37. The molecule has 1 N–H and O–H groups in total. The van der Waals surface area contributed by atoms with Gasteiger partial charge < -0.3 is 14.7 Å². The van der Waals surface area contributed by atoms with Gasteiger partial charge in [0.05, 0.1) is 6.10 Å². The van der Waals surface area contributed by atoms with Gasteiger partial charge in [0.25, 0.3) is 0 Å². The molecular formula is C12H23NO2. The van der Waals surface area contributed by atoms with Crippen LogP contribution in [0.15, 0.2) is 0 Å². The molecule has 0 aromatic heterocycles. The molecule has 0 aliphatic carbocycles. The average Bonchev–Trinajstić information content (AvgIpc) is 2.25. The number of aliphatic hydroxyl groups is 1. The van der Waals surface area contributed by atoms with Crippen LogP contribution in [0.1, 0.15) is 26.2 Å². The van der Waals surface area contributed by atoms with Crippen molar-refractivity contribution in [3.8, 4) is 0 Å². The molecule has 0 spiro atoms. The summed E-state index contributed by atoms with van der Waals surface area (Å²) in [6, 6.07) is 0. The second-order valence-corrected chi connectivity index (χ2v) is 5.15. The minimum absolute atomic E-state index is 0.112. The van der Waals surface area contributed by atoms with Gasteiger partial charge in [-0.3, -0.25) is 0 Å². The fourth-order valence-corrected chi connectivity index (χ4v) is 2.57. The van der Waals surface area contributed by atoms with Crippen molar-refractivity contribution in [2.24, 2.45) is 11.8 Å². The summed E-state index contributed by atoms with van der Waals surface area (Å²) >= 11 is 0. The summed E-state index contributed by atoms with van der Waals surface area (Å²) in [6.07, 6.45) is 3.42. The van der Waals surface area contributed by atoms with Crippen molar-refractivity contribution in [2.45, 2.75) is 32.3 Å². The fraction of sp³-hybridized carbons (Fsp3) is 1.00. The van der Waals surface area contributed by atoms with E-state index in [2.05, 4.69) is 11.8 Å². The molecule has 0 aromatic carbocycles. The van der Waals surface area contributed by atoms with Crippen LogP contribution in [0.25, 0.3) is 0 Å². The van der Waals surface area contributed by atoms with Gasteiger partial charge in [-0.2, -0.15) is 0 Å². The Kier molecular flexibility index (Phi) is 4.00. The summed E-state index contributed by atoms with van der Waals surface area (Å²) in [6.45, 7) is 7.20. The average molecular weight is 213 g/mol. The maximum absolute atomic E-state index is 9.81. The van der Waals surface area contributed by atoms with Gasteiger partial charge in [-0.05, 0) is 37.6 Å². The first-order chi connectivity index (χ1) is 7.25. The smallest absolute Gasteiger partial charge is 0.0693 e. The van der Waals surface area contributed by atoms with Crippen LogP contribution in [0.3, 0.4) is 0 Å². The van der Waals surface area contributed by atoms with Crippen LogP contribution < -0.4 is 0 Å². The Balaban J connectivity index is 1.74. The van der Waals surface area contributed by atoms with Crippen LogP contribution in [0, 0.1) is 11.8 Å². The molecule has 2 heterocycles. The lowest BCUT2D eigenvalue weighted by atomic mass is 9.93. The highest BCUT2D eigenvalue weighted by Gasteiger charge is 2.26. The highest BCUT2D eigenvalue weighted by molar-refractivity contribution is 4.79. The van der Waals surface area contributed by atoms with E-state index in [-0.39, 0.29) is 6.10 Å². The SMILES string of the molecule is CC1CCN(CC2CCOCC2)CC1O. The Morgan fingerprint density at radius 2 is 2.00 bits per heavy atom. The fourth-order valence-electron chi connectivity index (χ4n) is 2.57. The number of hydrogen-bond donors (Lipinski definition) is 1. The summed E-state index contributed by atoms with van der Waals surface area (Å²) in [4.78, 5) is 2.43. The quantitative estimate of drug-likeness (QED) is 0.746. The third-order valence-electron chi connectivity index (χ3n) is 3.86. The van der Waals surface area contributed by atoms with Crippen LogP contribution in [0.5, 0.6) is 0 Å². The number of β-amino-alcohol motifs (C(OH)–C–C–N with tert-alkyl or cyclic N) is 1. The van der Waals surface area contributed by atoms with Gasteiger partial charge in [0.15, 0.2) is 0 Å². The van der Waals surface area contributed by atoms with E-state index < -0.39 is 0 Å². The zero-order valence-electron chi connectivity index (χ0n) is 9.69. The first-order valence-corrected chi connectivity index (χ1v) is 6.24. The predicted molar refractivity (Wildman–Crippen MR) is 59.8 cm³/mol. The molecule has 0 aromatic rings. The maximum atomic E-state index is 9.81. The van der Waals surface area contributed by atoms with Crippen molar-refractivity contribution in [1.29, 1.82) is 0 Å². The minimum Gasteiger partial charge on any atom is -0.392 e. The molecule has 2 aliphatic heterocycles. The van der Waals surface area contributed by atoms with Crippen LogP contribution in [-0.4, -0.2) is 49.0 Å². The Morgan fingerprint density at radius 3 is 2.67 bits per heavy atom. The molecule has 2 saturated heterocycles. The molecule has 2 unspecified atom stereocenters. The molecule has 2 aliphatic rings. The second kappa shape index (κ2) is 5.28. The molecule has 2 atom stereocenters. The largest absolute Gasteiger partial charge is 0.392 e. The van der Waals surface area contributed by atoms with Gasteiger partial charge in [-0.15, -0.1) is 0 Å². The Bertz CT molecular complexity index is 192. The van der Waals surface area contributed by atoms with Gasteiger partial charge >= 0.3 is 0 Å². The highest BCUT2D eigenvalue weighted by atomic mass is 16.5. The first kappa shape index (κ1) is 11.4. The van der Waals surface area contributed by atoms with E-state index in [1.54, 1.807) is 0 Å². The van der Waals surface area contributed by atoms with Crippen molar-refractivity contribution in [2.75, 3.05) is 32.8 Å². The van der Waals surface area contributed by atoms with Gasteiger partial charge in [-0.1, -0.05) is 6.92 Å². The van der Waals surface area contributed by atoms with Crippen LogP contribution in [0.2, 0.25) is 0 Å². The predicted octanol–water partition coefficient (Wildman–Crippen LogP) is 1.12. The molecule has 3 heteroatoms. The third kappa shape index (κ3) is 3.16. The third-order valence-corrected chi connectivity index (χ3v) is 3.86. The van der Waals surface area contributed by atoms with E-state index in [1.807, 2.05) is 0 Å². The summed E-state index contributed by atoms with van der Waals surface area (Å²) in [5.41, 5.74) is 0. The number of likely N-dealkylation sites (tertiary alicyclic amines) is 1. The zero-order valence-corrected chi connectivity index (χ0v) is 9.69. The summed E-state index contributed by atoms with van der Waals surface area (Å²) < 4.78 is 5.36. The Labute approximate surface area is 92.4 Å². The van der Waals surface area contributed by atoms with Crippen molar-refractivity contribution >= 4 is 0 Å². The van der Waals surface area contributed by atoms with Gasteiger partial charge in [0, 0.05) is 26.3 Å². The van der Waals surface area contributed by atoms with Crippen LogP contribution in [-0.2, 0) is 4.74 Å². The molecule has 0 amide bonds. The normalized spacial score (nSPS) is 35.6. The number of nitrogens with zero attached hydrogens (tertiary/aromatic N) is 1. The van der Waals surface area contributed by atoms with E-state index in [0.29, 0.717) is 5.92 Å². The first-order valence-electron chi connectivity index (χ1n) is 6.24. The molecule has 0 bridgehead atoms. The number of ether oxygens (including phenoxy) is 1. The number of piperidine rings is 1. The zero-order chi connectivity index (χ0) is 10.7. The number of aliphatic hydroxyl groups excluding tert-OH is 1. The summed E-state index contributed by atoms with van der Waals surface area (Å²) in [7, 11) is 0. The van der Waals surface area contributed by atoms with Gasteiger partial charge in [0.2, 0.25) is 0 Å². The number of hydrogen-bond acceptors (Lipinski definition) is 3. The molecule has 2 rings (SSSR count). The van der Waals surface area contributed by atoms with E-state index in [1.165, 1.54) is 12.8 Å². The van der Waals surface area contributed by atoms with E-state index >= 15 is 0 Å². The minimum atomic E-state index is -0.112. The van der Waals surface area contributed by atoms with Crippen LogP contribution in [0.4, 0.5) is 0 Å². The topological polar surface area (TPSA) is 32.7 Å². The maximum Gasteiger partial charge on any atom is 0.0693 e. The van der Waals surface area contributed by atoms with E-state index in [4.69, 9.17) is 4.74 Å². The Hall–Kier alpha value is -0.120. The molecule has 3 nitrogen and oxygen atoms in total. The molecular weight excluding hydrogens is 190 g/mol. The van der Waals surface area contributed by atoms with Gasteiger partial charge in [0.1, 0.15) is 0 Å². The van der Waals surface area contributed by atoms with Gasteiger partial charge in [-0.25, -0.2) is 0 Å². The molecule has 0 radical (unpaired) electrons. The summed E-state index contributed by atoms with van der Waals surface area (Å²) in [5, 5.41) is 9.81. The Morgan fingerprint density at radius 1 is 1.27 bits per heavy atom. The lowest BCUT2D eigenvalue weighted by molar-refractivity contribution is 0.00599. The van der Waals surface area contributed by atoms with Crippen molar-refractivity contribution < 1.29 is 9.84 Å². The standard InChI is InChI=1S/C12H23NO2/c1-10-2-5-13(9-12(10)14)8-11-3-6-15-7-4-11/h10-12,14H,2-9H2,1H3. The molecule has 88 valence electrons. The van der Waals surface area contributed by atoms with Crippen molar-refractivity contribution in [3.63, 3.8) is 0 Å². The van der Waals surface area contributed by atoms with Crippen molar-refractivity contribution in [1.82, 2.24) is 4.90 Å². The van der Waals surface area contributed by atoms with Crippen molar-refractivity contribution in [3.05, 3.63) is 0 Å². The highest BCUT2D eigenvalue weighted by Crippen LogP contribution is 2.21. The van der Waals surface area contributed by atoms with E-state index in [0.717, 1.165) is 45.2 Å². The molecule has 15 heavy (non-hydrogen) atoms.